The summed E-state index contributed by atoms with van der Waals surface area (Å²) in [5, 5.41) is 0.410. The molecule has 0 fully saturated rings. The van der Waals surface area contributed by atoms with Crippen molar-refractivity contribution >= 4 is 33.8 Å². The van der Waals surface area contributed by atoms with Crippen LogP contribution in [0.4, 0.5) is 0 Å². The van der Waals surface area contributed by atoms with Crippen LogP contribution in [0.3, 0.4) is 0 Å². The Morgan fingerprint density at radius 2 is 2.00 bits per heavy atom. The van der Waals surface area contributed by atoms with Crippen LogP contribution >= 0.6 is 24.0 Å². The first kappa shape index (κ1) is 16.5. The maximum atomic E-state index is 11.9. The number of benzene rings is 1. The van der Waals surface area contributed by atoms with Gasteiger partial charge in [-0.2, -0.15) is 0 Å². The fraction of sp³-hybridized carbons (Fsp3) is 0.400. The molecule has 0 amide bonds. The lowest BCUT2D eigenvalue weighted by molar-refractivity contribution is 0.401. The molecule has 0 saturated carbocycles. The Labute approximate surface area is 112 Å². The molecular formula is C10H15Cl2NO3S. The summed E-state index contributed by atoms with van der Waals surface area (Å²) in [4.78, 5) is 0.143. The fourth-order valence-electron chi connectivity index (χ4n) is 1.42. The lowest BCUT2D eigenvalue weighted by atomic mass is 10.2. The van der Waals surface area contributed by atoms with Gasteiger partial charge in [0, 0.05) is 17.6 Å². The van der Waals surface area contributed by atoms with E-state index < -0.39 is 9.84 Å². The number of halogens is 2. The summed E-state index contributed by atoms with van der Waals surface area (Å²) < 4.78 is 28.8. The molecule has 1 rings (SSSR count). The molecule has 0 radical (unpaired) electrons. The maximum Gasteiger partial charge on any atom is 0.182 e. The van der Waals surface area contributed by atoms with Crippen LogP contribution in [0.2, 0.25) is 5.02 Å². The van der Waals surface area contributed by atoms with Crippen molar-refractivity contribution in [3.63, 3.8) is 0 Å². The second-order valence-corrected chi connectivity index (χ2v) is 5.86. The Hall–Kier alpha value is -0.490. The first-order valence-electron chi connectivity index (χ1n) is 4.75. The molecule has 4 nitrogen and oxygen atoms in total. The molecule has 7 heteroatoms. The predicted molar refractivity (Wildman–Crippen MR) is 70.9 cm³/mol. The molecule has 1 aromatic carbocycles. The van der Waals surface area contributed by atoms with Crippen LogP contribution in [-0.2, 0) is 16.4 Å². The van der Waals surface area contributed by atoms with Gasteiger partial charge in [-0.15, -0.1) is 12.4 Å². The topological polar surface area (TPSA) is 69.4 Å². The first-order valence-corrected chi connectivity index (χ1v) is 6.78. The highest BCUT2D eigenvalue weighted by Gasteiger charge is 2.22. The van der Waals surface area contributed by atoms with Gasteiger partial charge in [-0.25, -0.2) is 8.42 Å². The average Bonchev–Trinajstić information content (AvgIpc) is 2.27. The molecule has 0 aromatic heterocycles. The van der Waals surface area contributed by atoms with E-state index in [-0.39, 0.29) is 35.3 Å². The minimum Gasteiger partial charge on any atom is -0.495 e. The number of methoxy groups -OCH3 is 1. The van der Waals surface area contributed by atoms with Crippen LogP contribution in [0.1, 0.15) is 12.5 Å². The summed E-state index contributed by atoms with van der Waals surface area (Å²) in [6.45, 7) is 1.68. The van der Waals surface area contributed by atoms with Gasteiger partial charge in [0.2, 0.25) is 0 Å². The summed E-state index contributed by atoms with van der Waals surface area (Å²) in [6.07, 6.45) is 0. The van der Waals surface area contributed by atoms with Gasteiger partial charge in [0.05, 0.1) is 12.9 Å². The maximum absolute atomic E-state index is 11.9. The monoisotopic (exact) mass is 299 g/mol. The van der Waals surface area contributed by atoms with E-state index in [1.54, 1.807) is 13.0 Å². The number of rotatable bonds is 4. The molecule has 17 heavy (non-hydrogen) atoms. The average molecular weight is 300 g/mol. The highest BCUT2D eigenvalue weighted by molar-refractivity contribution is 7.91. The van der Waals surface area contributed by atoms with Crippen LogP contribution in [-0.4, -0.2) is 21.3 Å². The smallest absolute Gasteiger partial charge is 0.182 e. The molecule has 0 unspecified atom stereocenters. The third-order valence-electron chi connectivity index (χ3n) is 2.23. The highest BCUT2D eigenvalue weighted by atomic mass is 35.5. The van der Waals surface area contributed by atoms with Crippen LogP contribution in [0.25, 0.3) is 0 Å². The van der Waals surface area contributed by atoms with E-state index in [4.69, 9.17) is 22.1 Å². The summed E-state index contributed by atoms with van der Waals surface area (Å²) in [7, 11) is -1.96. The zero-order valence-electron chi connectivity index (χ0n) is 9.57. The molecule has 0 aliphatic heterocycles. The summed E-state index contributed by atoms with van der Waals surface area (Å²) in [5.74, 6) is 0.243. The van der Waals surface area contributed by atoms with Crippen molar-refractivity contribution in [1.29, 1.82) is 0 Å². The SMILES string of the molecule is CCS(=O)(=O)c1c(CN)cc(Cl)cc1OC.Cl. The van der Waals surface area contributed by atoms with E-state index in [2.05, 4.69) is 0 Å². The van der Waals surface area contributed by atoms with E-state index in [1.807, 2.05) is 0 Å². The van der Waals surface area contributed by atoms with Gasteiger partial charge in [-0.1, -0.05) is 18.5 Å². The Morgan fingerprint density at radius 1 is 1.41 bits per heavy atom. The van der Waals surface area contributed by atoms with Crippen LogP contribution in [0.15, 0.2) is 17.0 Å². The van der Waals surface area contributed by atoms with Gasteiger partial charge in [-0.3, -0.25) is 0 Å². The zero-order valence-corrected chi connectivity index (χ0v) is 12.0. The third kappa shape index (κ3) is 3.48. The van der Waals surface area contributed by atoms with Crippen LogP contribution in [0.5, 0.6) is 5.75 Å². The third-order valence-corrected chi connectivity index (χ3v) is 4.29. The minimum absolute atomic E-state index is 0. The van der Waals surface area contributed by atoms with Crippen LogP contribution < -0.4 is 10.5 Å². The Kier molecular flexibility index (Phi) is 6.26. The second kappa shape index (κ2) is 6.44. The molecular weight excluding hydrogens is 285 g/mol. The number of nitrogens with two attached hydrogens (primary N) is 1. The fourth-order valence-corrected chi connectivity index (χ4v) is 2.93. The highest BCUT2D eigenvalue weighted by Crippen LogP contribution is 2.31. The standard InChI is InChI=1S/C10H14ClNO3S.ClH/c1-3-16(13,14)10-7(6-12)4-8(11)5-9(10)15-2;/h4-5H,3,6,12H2,1-2H3;1H. The summed E-state index contributed by atoms with van der Waals surface area (Å²) in [6, 6.07) is 3.02. The second-order valence-electron chi connectivity index (χ2n) is 3.20. The number of hydrogen-bond acceptors (Lipinski definition) is 4. The molecule has 0 saturated heterocycles. The molecule has 98 valence electrons. The molecule has 2 N–H and O–H groups in total. The normalized spacial score (nSPS) is 10.8. The first-order chi connectivity index (χ1) is 7.46. The summed E-state index contributed by atoms with van der Waals surface area (Å²) >= 11 is 5.84. The molecule has 1 aromatic rings. The van der Waals surface area contributed by atoms with Crippen molar-refractivity contribution in [2.24, 2.45) is 5.73 Å². The Bertz CT molecular complexity index is 463. The molecule has 0 heterocycles. The molecule has 0 spiro atoms. The number of ether oxygens (including phenoxy) is 1. The number of sulfone groups is 1. The van der Waals surface area contributed by atoms with Crippen molar-refractivity contribution in [3.8, 4) is 5.75 Å². The molecule has 0 aliphatic rings. The van der Waals surface area contributed by atoms with Gasteiger partial charge in [0.25, 0.3) is 0 Å². The molecule has 0 bridgehead atoms. The summed E-state index contributed by atoms with van der Waals surface area (Å²) in [5.41, 5.74) is 5.99. The van der Waals surface area contributed by atoms with Gasteiger partial charge in [0.15, 0.2) is 9.84 Å². The lowest BCUT2D eigenvalue weighted by Gasteiger charge is -2.13. The van der Waals surface area contributed by atoms with E-state index in [1.165, 1.54) is 13.2 Å². The lowest BCUT2D eigenvalue weighted by Crippen LogP contribution is -2.12. The predicted octanol–water partition coefficient (Wildman–Crippen LogP) is 2.02. The van der Waals surface area contributed by atoms with E-state index >= 15 is 0 Å². The largest absolute Gasteiger partial charge is 0.495 e. The van der Waals surface area contributed by atoms with Gasteiger partial charge in [0.1, 0.15) is 10.6 Å². The van der Waals surface area contributed by atoms with Crippen LogP contribution in [0, 0.1) is 0 Å². The number of hydrogen-bond donors (Lipinski definition) is 1. The Morgan fingerprint density at radius 3 is 2.41 bits per heavy atom. The van der Waals surface area contributed by atoms with E-state index in [0.717, 1.165) is 0 Å². The van der Waals surface area contributed by atoms with E-state index in [9.17, 15) is 8.42 Å². The molecule has 0 atom stereocenters. The van der Waals surface area contributed by atoms with Gasteiger partial charge < -0.3 is 10.5 Å². The minimum atomic E-state index is -3.36. The van der Waals surface area contributed by atoms with Crippen molar-refractivity contribution in [2.75, 3.05) is 12.9 Å². The molecule has 0 aliphatic carbocycles. The van der Waals surface area contributed by atoms with Crippen molar-refractivity contribution in [3.05, 3.63) is 22.7 Å². The van der Waals surface area contributed by atoms with Gasteiger partial charge >= 0.3 is 0 Å². The van der Waals surface area contributed by atoms with E-state index in [0.29, 0.717) is 10.6 Å². The zero-order chi connectivity index (χ0) is 12.3. The quantitative estimate of drug-likeness (QED) is 0.923. The van der Waals surface area contributed by atoms with Crippen molar-refractivity contribution < 1.29 is 13.2 Å². The Balaban J connectivity index is 0.00000256. The van der Waals surface area contributed by atoms with Crippen molar-refractivity contribution in [1.82, 2.24) is 0 Å². The van der Waals surface area contributed by atoms with Crippen molar-refractivity contribution in [2.45, 2.75) is 18.4 Å². The van der Waals surface area contributed by atoms with Gasteiger partial charge in [-0.05, 0) is 11.6 Å².